The number of halogens is 1. The molecular formula is C14H18FN3O2. The van der Waals surface area contributed by atoms with Crippen LogP contribution in [0.1, 0.15) is 30.6 Å². The van der Waals surface area contributed by atoms with E-state index in [1.807, 2.05) is 6.92 Å². The molecule has 0 aliphatic carbocycles. The van der Waals surface area contributed by atoms with E-state index < -0.39 is 5.82 Å². The smallest absolute Gasteiger partial charge is 0.226 e. The van der Waals surface area contributed by atoms with Crippen LogP contribution in [0.2, 0.25) is 0 Å². The van der Waals surface area contributed by atoms with Gasteiger partial charge in [0.25, 0.3) is 0 Å². The summed E-state index contributed by atoms with van der Waals surface area (Å²) in [6, 6.07) is 4.82. The summed E-state index contributed by atoms with van der Waals surface area (Å²) in [5, 5.41) is 3.78. The minimum absolute atomic E-state index is 0.0837. The van der Waals surface area contributed by atoms with Crippen molar-refractivity contribution in [1.29, 1.82) is 0 Å². The maximum Gasteiger partial charge on any atom is 0.226 e. The molecule has 1 aromatic carbocycles. The van der Waals surface area contributed by atoms with E-state index in [-0.39, 0.29) is 12.4 Å². The topological polar surface area (TPSA) is 74.2 Å². The van der Waals surface area contributed by atoms with E-state index in [2.05, 4.69) is 10.1 Å². The Morgan fingerprint density at radius 1 is 1.35 bits per heavy atom. The molecule has 0 spiro atoms. The van der Waals surface area contributed by atoms with Crippen molar-refractivity contribution in [2.24, 2.45) is 5.73 Å². The normalized spacial score (nSPS) is 10.8. The standard InChI is InChI=1S/C14H18FN3O2/c1-2-3-14-17-13(18-20-14)9-19-12-5-4-10(6-7-16)8-11(12)15/h4-5,8H,2-3,6-7,9,16H2,1H3. The summed E-state index contributed by atoms with van der Waals surface area (Å²) in [7, 11) is 0. The Bertz CT molecular complexity index is 557. The predicted octanol–water partition coefficient (Wildman–Crippen LogP) is 2.24. The van der Waals surface area contributed by atoms with Crippen LogP contribution in [0.15, 0.2) is 22.7 Å². The van der Waals surface area contributed by atoms with Gasteiger partial charge in [0.15, 0.2) is 18.2 Å². The van der Waals surface area contributed by atoms with Gasteiger partial charge in [-0.3, -0.25) is 0 Å². The third-order valence-electron chi connectivity index (χ3n) is 2.76. The highest BCUT2D eigenvalue weighted by molar-refractivity contribution is 5.29. The van der Waals surface area contributed by atoms with Crippen molar-refractivity contribution in [3.63, 3.8) is 0 Å². The van der Waals surface area contributed by atoms with Gasteiger partial charge in [0, 0.05) is 6.42 Å². The van der Waals surface area contributed by atoms with Crippen LogP contribution in [0.4, 0.5) is 4.39 Å². The summed E-state index contributed by atoms with van der Waals surface area (Å²) in [6.07, 6.45) is 2.30. The highest BCUT2D eigenvalue weighted by Gasteiger charge is 2.09. The lowest BCUT2D eigenvalue weighted by atomic mass is 10.1. The fourth-order valence-corrected chi connectivity index (χ4v) is 1.79. The summed E-state index contributed by atoms with van der Waals surface area (Å²) in [5.41, 5.74) is 6.28. The van der Waals surface area contributed by atoms with Gasteiger partial charge in [-0.2, -0.15) is 4.98 Å². The Morgan fingerprint density at radius 3 is 2.90 bits per heavy atom. The number of benzene rings is 1. The van der Waals surface area contributed by atoms with Crippen molar-refractivity contribution in [3.8, 4) is 5.75 Å². The molecule has 2 N–H and O–H groups in total. The molecule has 0 aliphatic heterocycles. The number of nitrogens with two attached hydrogens (primary N) is 1. The molecule has 0 saturated heterocycles. The van der Waals surface area contributed by atoms with E-state index in [1.54, 1.807) is 12.1 Å². The molecule has 0 atom stereocenters. The first-order valence-corrected chi connectivity index (χ1v) is 6.65. The van der Waals surface area contributed by atoms with Gasteiger partial charge in [-0.05, 0) is 37.1 Å². The van der Waals surface area contributed by atoms with Crippen LogP contribution in [0.25, 0.3) is 0 Å². The lowest BCUT2D eigenvalue weighted by molar-refractivity contribution is 0.272. The second-order valence-electron chi connectivity index (χ2n) is 4.45. The molecule has 20 heavy (non-hydrogen) atoms. The summed E-state index contributed by atoms with van der Waals surface area (Å²) < 4.78 is 24.2. The molecule has 1 heterocycles. The fourth-order valence-electron chi connectivity index (χ4n) is 1.79. The van der Waals surface area contributed by atoms with Gasteiger partial charge in [-0.15, -0.1) is 0 Å². The van der Waals surface area contributed by atoms with Crippen molar-refractivity contribution >= 4 is 0 Å². The molecule has 0 aliphatic rings. The van der Waals surface area contributed by atoms with Crippen molar-refractivity contribution in [1.82, 2.24) is 10.1 Å². The highest BCUT2D eigenvalue weighted by atomic mass is 19.1. The molecule has 0 radical (unpaired) electrons. The molecule has 0 fully saturated rings. The molecule has 108 valence electrons. The van der Waals surface area contributed by atoms with Crippen LogP contribution in [0.3, 0.4) is 0 Å². The van der Waals surface area contributed by atoms with E-state index in [0.29, 0.717) is 24.7 Å². The van der Waals surface area contributed by atoms with Crippen molar-refractivity contribution < 1.29 is 13.7 Å². The Labute approximate surface area is 116 Å². The zero-order valence-corrected chi connectivity index (χ0v) is 11.4. The number of nitrogens with zero attached hydrogens (tertiary/aromatic N) is 2. The molecule has 0 unspecified atom stereocenters. The van der Waals surface area contributed by atoms with E-state index in [1.165, 1.54) is 6.07 Å². The summed E-state index contributed by atoms with van der Waals surface area (Å²) >= 11 is 0. The Balaban J connectivity index is 1.95. The van der Waals surface area contributed by atoms with Crippen LogP contribution in [-0.4, -0.2) is 16.7 Å². The van der Waals surface area contributed by atoms with Gasteiger partial charge in [-0.1, -0.05) is 18.1 Å². The Hall–Kier alpha value is -1.95. The second-order valence-corrected chi connectivity index (χ2v) is 4.45. The zero-order chi connectivity index (χ0) is 14.4. The molecule has 5 nitrogen and oxygen atoms in total. The second kappa shape index (κ2) is 7.00. The van der Waals surface area contributed by atoms with E-state index in [9.17, 15) is 4.39 Å². The molecule has 0 amide bonds. The van der Waals surface area contributed by atoms with E-state index >= 15 is 0 Å². The number of aryl methyl sites for hydroxylation is 1. The van der Waals surface area contributed by atoms with Crippen LogP contribution in [-0.2, 0) is 19.4 Å². The first kappa shape index (κ1) is 14.5. The minimum Gasteiger partial charge on any atom is -0.482 e. The molecule has 1 aromatic heterocycles. The maximum absolute atomic E-state index is 13.8. The lowest BCUT2D eigenvalue weighted by Gasteiger charge is -2.06. The minimum atomic E-state index is -0.409. The van der Waals surface area contributed by atoms with Crippen LogP contribution < -0.4 is 10.5 Å². The SMILES string of the molecule is CCCc1nc(COc2ccc(CCN)cc2F)no1. The quantitative estimate of drug-likeness (QED) is 0.841. The van der Waals surface area contributed by atoms with Gasteiger partial charge in [0.1, 0.15) is 0 Å². The lowest BCUT2D eigenvalue weighted by Crippen LogP contribution is -2.04. The van der Waals surface area contributed by atoms with Crippen molar-refractivity contribution in [2.45, 2.75) is 32.8 Å². The molecule has 2 aromatic rings. The Morgan fingerprint density at radius 2 is 2.20 bits per heavy atom. The number of hydrogen-bond donors (Lipinski definition) is 1. The predicted molar refractivity (Wildman–Crippen MR) is 71.8 cm³/mol. The first-order valence-electron chi connectivity index (χ1n) is 6.65. The highest BCUT2D eigenvalue weighted by Crippen LogP contribution is 2.19. The number of aromatic nitrogens is 2. The molecule has 6 heteroatoms. The van der Waals surface area contributed by atoms with Crippen LogP contribution >= 0.6 is 0 Å². The monoisotopic (exact) mass is 279 g/mol. The third kappa shape index (κ3) is 3.77. The number of hydrogen-bond acceptors (Lipinski definition) is 5. The molecule has 0 saturated carbocycles. The summed E-state index contributed by atoms with van der Waals surface area (Å²) in [6.45, 7) is 2.60. The van der Waals surface area contributed by atoms with Crippen LogP contribution in [0, 0.1) is 5.82 Å². The maximum atomic E-state index is 13.8. The third-order valence-corrected chi connectivity index (χ3v) is 2.76. The van der Waals surface area contributed by atoms with E-state index in [0.717, 1.165) is 18.4 Å². The largest absolute Gasteiger partial charge is 0.482 e. The van der Waals surface area contributed by atoms with Gasteiger partial charge < -0.3 is 15.0 Å². The van der Waals surface area contributed by atoms with E-state index in [4.69, 9.17) is 15.0 Å². The molecular weight excluding hydrogens is 261 g/mol. The average molecular weight is 279 g/mol. The molecule has 0 bridgehead atoms. The first-order chi connectivity index (χ1) is 9.72. The number of rotatable bonds is 7. The van der Waals surface area contributed by atoms with Gasteiger partial charge in [-0.25, -0.2) is 4.39 Å². The van der Waals surface area contributed by atoms with Crippen LogP contribution in [0.5, 0.6) is 5.75 Å². The fraction of sp³-hybridized carbons (Fsp3) is 0.429. The van der Waals surface area contributed by atoms with Gasteiger partial charge in [0.05, 0.1) is 0 Å². The Kier molecular flexibility index (Phi) is 5.06. The summed E-state index contributed by atoms with van der Waals surface area (Å²) in [4.78, 5) is 4.15. The molecule has 2 rings (SSSR count). The number of ether oxygens (including phenoxy) is 1. The average Bonchev–Trinajstić information content (AvgIpc) is 2.86. The summed E-state index contributed by atoms with van der Waals surface area (Å²) in [5.74, 6) is 0.754. The van der Waals surface area contributed by atoms with Crippen molar-refractivity contribution in [2.75, 3.05) is 6.54 Å². The van der Waals surface area contributed by atoms with Gasteiger partial charge >= 0.3 is 0 Å². The zero-order valence-electron chi connectivity index (χ0n) is 11.4. The van der Waals surface area contributed by atoms with Crippen molar-refractivity contribution in [3.05, 3.63) is 41.3 Å². The van der Waals surface area contributed by atoms with Gasteiger partial charge in [0.2, 0.25) is 11.7 Å².